The number of benzene rings is 2. The van der Waals surface area contributed by atoms with Crippen molar-refractivity contribution in [1.29, 1.82) is 5.26 Å². The van der Waals surface area contributed by atoms with Crippen LogP contribution in [-0.2, 0) is 9.53 Å². The Kier molecular flexibility index (Phi) is 7.10. The van der Waals surface area contributed by atoms with E-state index in [9.17, 15) is 10.1 Å². The van der Waals surface area contributed by atoms with E-state index in [4.69, 9.17) is 9.47 Å². The number of hydrogen-bond acceptors (Lipinski definition) is 7. The molecule has 2 aromatic carbocycles. The number of thioether (sulfide) groups is 1. The largest absolute Gasteiger partial charge is 0.494 e. The van der Waals surface area contributed by atoms with Crippen molar-refractivity contribution in [2.75, 3.05) is 48.9 Å². The van der Waals surface area contributed by atoms with Gasteiger partial charge in [-0.05, 0) is 43.3 Å². The molecule has 0 saturated carbocycles. The maximum Gasteiger partial charge on any atom is 0.234 e. The van der Waals surface area contributed by atoms with Gasteiger partial charge in [-0.25, -0.2) is 4.98 Å². The SMILES string of the molecule is CCOc1ccc2nc(SCC(=O)Nc3ccccc3N3CCOCC3)c(C#N)cc2c1. The molecule has 8 heteroatoms. The summed E-state index contributed by atoms with van der Waals surface area (Å²) >= 11 is 1.26. The first-order valence-corrected chi connectivity index (χ1v) is 11.5. The first kappa shape index (κ1) is 21.9. The fourth-order valence-electron chi connectivity index (χ4n) is 3.56. The molecule has 1 fully saturated rings. The lowest BCUT2D eigenvalue weighted by Crippen LogP contribution is -2.36. The normalized spacial score (nSPS) is 13.6. The maximum absolute atomic E-state index is 12.7. The standard InChI is InChI=1S/C24H24N4O3S/c1-2-31-19-7-8-20-17(14-19)13-18(15-25)24(27-20)32-16-23(29)26-21-5-3-4-6-22(21)28-9-11-30-12-10-28/h3-8,13-14H,2,9-12,16H2,1H3,(H,26,29). The molecule has 0 spiro atoms. The second kappa shape index (κ2) is 10.4. The second-order valence-corrected chi connectivity index (χ2v) is 8.16. The van der Waals surface area contributed by atoms with Crippen LogP contribution in [0.25, 0.3) is 10.9 Å². The summed E-state index contributed by atoms with van der Waals surface area (Å²) in [5, 5.41) is 14.0. The Morgan fingerprint density at radius 3 is 2.84 bits per heavy atom. The Balaban J connectivity index is 1.46. The molecule has 0 atom stereocenters. The number of nitriles is 1. The molecule has 1 aliphatic heterocycles. The van der Waals surface area contributed by atoms with Crippen LogP contribution in [0, 0.1) is 11.3 Å². The molecule has 1 N–H and O–H groups in total. The van der Waals surface area contributed by atoms with Crippen molar-refractivity contribution in [2.24, 2.45) is 0 Å². The van der Waals surface area contributed by atoms with Crippen molar-refractivity contribution in [3.63, 3.8) is 0 Å². The van der Waals surface area contributed by atoms with Crippen molar-refractivity contribution in [1.82, 2.24) is 4.98 Å². The first-order valence-electron chi connectivity index (χ1n) is 10.5. The molecule has 1 saturated heterocycles. The van der Waals surface area contributed by atoms with Gasteiger partial charge in [0.25, 0.3) is 0 Å². The van der Waals surface area contributed by atoms with Crippen molar-refractivity contribution in [3.05, 3.63) is 54.1 Å². The highest BCUT2D eigenvalue weighted by Crippen LogP contribution is 2.29. The summed E-state index contributed by atoms with van der Waals surface area (Å²) < 4.78 is 11.0. The summed E-state index contributed by atoms with van der Waals surface area (Å²) in [6, 6.07) is 17.3. The molecule has 2 heterocycles. The van der Waals surface area contributed by atoms with Crippen LogP contribution in [-0.4, -0.2) is 49.6 Å². The van der Waals surface area contributed by atoms with Gasteiger partial charge in [0, 0.05) is 18.5 Å². The van der Waals surface area contributed by atoms with Gasteiger partial charge in [0.1, 0.15) is 16.8 Å². The Hall–Kier alpha value is -3.28. The third-order valence-electron chi connectivity index (χ3n) is 5.05. The van der Waals surface area contributed by atoms with E-state index in [0.717, 1.165) is 41.1 Å². The zero-order chi connectivity index (χ0) is 22.3. The van der Waals surface area contributed by atoms with Gasteiger partial charge in [0.2, 0.25) is 5.91 Å². The number of amides is 1. The van der Waals surface area contributed by atoms with Crippen molar-refractivity contribution < 1.29 is 14.3 Å². The number of anilines is 2. The van der Waals surface area contributed by atoms with Crippen LogP contribution in [0.2, 0.25) is 0 Å². The lowest BCUT2D eigenvalue weighted by Gasteiger charge is -2.30. The average molecular weight is 449 g/mol. The van der Waals surface area contributed by atoms with Crippen LogP contribution in [0.15, 0.2) is 53.6 Å². The van der Waals surface area contributed by atoms with E-state index in [1.165, 1.54) is 11.8 Å². The lowest BCUT2D eigenvalue weighted by atomic mass is 10.1. The van der Waals surface area contributed by atoms with E-state index in [2.05, 4.69) is 21.3 Å². The fraction of sp³-hybridized carbons (Fsp3) is 0.292. The highest BCUT2D eigenvalue weighted by Gasteiger charge is 2.16. The summed E-state index contributed by atoms with van der Waals surface area (Å²) in [4.78, 5) is 19.5. The number of para-hydroxylation sites is 2. The summed E-state index contributed by atoms with van der Waals surface area (Å²) in [5.41, 5.74) is 2.96. The number of carbonyl (C=O) groups excluding carboxylic acids is 1. The number of nitrogens with zero attached hydrogens (tertiary/aromatic N) is 3. The van der Waals surface area contributed by atoms with E-state index in [1.807, 2.05) is 49.4 Å². The van der Waals surface area contributed by atoms with Crippen molar-refractivity contribution in [3.8, 4) is 11.8 Å². The highest BCUT2D eigenvalue weighted by molar-refractivity contribution is 8.00. The van der Waals surface area contributed by atoms with Gasteiger partial charge >= 0.3 is 0 Å². The third kappa shape index (κ3) is 5.13. The van der Waals surface area contributed by atoms with E-state index in [1.54, 1.807) is 6.07 Å². The molecule has 7 nitrogen and oxygen atoms in total. The number of rotatable bonds is 7. The van der Waals surface area contributed by atoms with Crippen LogP contribution in [0.3, 0.4) is 0 Å². The van der Waals surface area contributed by atoms with Gasteiger partial charge in [-0.3, -0.25) is 4.79 Å². The van der Waals surface area contributed by atoms with E-state index >= 15 is 0 Å². The minimum absolute atomic E-state index is 0.145. The number of ether oxygens (including phenoxy) is 2. The molecule has 0 aliphatic carbocycles. The van der Waals surface area contributed by atoms with Crippen LogP contribution in [0.5, 0.6) is 5.75 Å². The Labute approximate surface area is 191 Å². The number of pyridine rings is 1. The fourth-order valence-corrected chi connectivity index (χ4v) is 4.33. The molecule has 164 valence electrons. The third-order valence-corrected chi connectivity index (χ3v) is 6.04. The molecule has 0 unspecified atom stereocenters. The minimum atomic E-state index is -0.145. The zero-order valence-electron chi connectivity index (χ0n) is 17.8. The first-order chi connectivity index (χ1) is 15.7. The Bertz CT molecular complexity index is 1160. The van der Waals surface area contributed by atoms with Gasteiger partial charge < -0.3 is 19.7 Å². The van der Waals surface area contributed by atoms with Crippen molar-refractivity contribution >= 4 is 39.9 Å². The summed E-state index contributed by atoms with van der Waals surface area (Å²) in [6.07, 6.45) is 0. The molecule has 32 heavy (non-hydrogen) atoms. The molecular weight excluding hydrogens is 424 g/mol. The molecule has 1 aliphatic rings. The molecular formula is C24H24N4O3S. The number of aromatic nitrogens is 1. The second-order valence-electron chi connectivity index (χ2n) is 7.19. The number of hydrogen-bond donors (Lipinski definition) is 1. The van der Waals surface area contributed by atoms with Gasteiger partial charge in [-0.1, -0.05) is 23.9 Å². The predicted molar refractivity (Wildman–Crippen MR) is 126 cm³/mol. The molecule has 4 rings (SSSR count). The quantitative estimate of drug-likeness (QED) is 0.545. The van der Waals surface area contributed by atoms with Crippen LogP contribution >= 0.6 is 11.8 Å². The number of morpholine rings is 1. The molecule has 3 aromatic rings. The highest BCUT2D eigenvalue weighted by atomic mass is 32.2. The van der Waals surface area contributed by atoms with E-state index in [0.29, 0.717) is 30.4 Å². The molecule has 1 aromatic heterocycles. The molecule has 1 amide bonds. The van der Waals surface area contributed by atoms with Gasteiger partial charge in [0.15, 0.2) is 0 Å². The summed E-state index contributed by atoms with van der Waals surface area (Å²) in [7, 11) is 0. The number of fused-ring (bicyclic) bond motifs is 1. The van der Waals surface area contributed by atoms with Crippen LogP contribution in [0.4, 0.5) is 11.4 Å². The smallest absolute Gasteiger partial charge is 0.234 e. The van der Waals surface area contributed by atoms with Crippen molar-refractivity contribution in [2.45, 2.75) is 11.9 Å². The number of nitrogens with one attached hydrogen (secondary N) is 1. The Morgan fingerprint density at radius 1 is 1.25 bits per heavy atom. The average Bonchev–Trinajstić information content (AvgIpc) is 2.83. The summed E-state index contributed by atoms with van der Waals surface area (Å²) in [6.45, 7) is 5.43. The van der Waals surface area contributed by atoms with Gasteiger partial charge in [0.05, 0.1) is 48.0 Å². The Morgan fingerprint density at radius 2 is 2.06 bits per heavy atom. The monoisotopic (exact) mass is 448 g/mol. The van der Waals surface area contributed by atoms with E-state index in [-0.39, 0.29) is 11.7 Å². The van der Waals surface area contributed by atoms with Gasteiger partial charge in [-0.15, -0.1) is 0 Å². The predicted octanol–water partition coefficient (Wildman–Crippen LogP) is 4.07. The maximum atomic E-state index is 12.7. The topological polar surface area (TPSA) is 87.5 Å². The minimum Gasteiger partial charge on any atom is -0.494 e. The molecule has 0 radical (unpaired) electrons. The van der Waals surface area contributed by atoms with Crippen LogP contribution < -0.4 is 15.0 Å². The zero-order valence-corrected chi connectivity index (χ0v) is 18.7. The van der Waals surface area contributed by atoms with E-state index < -0.39 is 0 Å². The number of carbonyl (C=O) groups is 1. The van der Waals surface area contributed by atoms with Gasteiger partial charge in [-0.2, -0.15) is 5.26 Å². The van der Waals surface area contributed by atoms with Crippen LogP contribution in [0.1, 0.15) is 12.5 Å². The summed E-state index contributed by atoms with van der Waals surface area (Å²) in [5.74, 6) is 0.749. The molecule has 0 bridgehead atoms. The lowest BCUT2D eigenvalue weighted by molar-refractivity contribution is -0.113.